The molecule has 0 unspecified atom stereocenters. The average Bonchev–Trinajstić information content (AvgIpc) is 3.26. The van der Waals surface area contributed by atoms with Crippen LogP contribution in [-0.4, -0.2) is 18.3 Å². The van der Waals surface area contributed by atoms with E-state index in [1.54, 1.807) is 0 Å². The van der Waals surface area contributed by atoms with Crippen LogP contribution < -0.4 is 5.46 Å². The van der Waals surface area contributed by atoms with Gasteiger partial charge in [-0.05, 0) is 78.7 Å². The summed E-state index contributed by atoms with van der Waals surface area (Å²) in [7, 11) is -0.394. The fourth-order valence-electron chi connectivity index (χ4n) is 6.00. The minimum Gasteiger partial charge on any atom is -0.399 e. The molecule has 3 aliphatic rings. The van der Waals surface area contributed by atoms with Gasteiger partial charge in [0, 0.05) is 9.79 Å². The van der Waals surface area contributed by atoms with E-state index >= 15 is 0 Å². The molecule has 0 amide bonds. The van der Waals surface area contributed by atoms with Crippen LogP contribution in [0.4, 0.5) is 0 Å². The Morgan fingerprint density at radius 1 is 0.571 bits per heavy atom. The summed E-state index contributed by atoms with van der Waals surface area (Å²) < 4.78 is 13.0. The smallest absolute Gasteiger partial charge is 0.399 e. The van der Waals surface area contributed by atoms with Gasteiger partial charge in [0.15, 0.2) is 0 Å². The summed E-state index contributed by atoms with van der Waals surface area (Å²) in [4.78, 5) is 2.63. The third-order valence-electron chi connectivity index (χ3n) is 8.40. The van der Waals surface area contributed by atoms with Gasteiger partial charge < -0.3 is 9.31 Å². The highest BCUT2D eigenvalue weighted by molar-refractivity contribution is 7.99. The van der Waals surface area contributed by atoms with E-state index in [0.29, 0.717) is 0 Å². The first kappa shape index (κ1) is 21.5. The second-order valence-corrected chi connectivity index (χ2v) is 11.9. The lowest BCUT2D eigenvalue weighted by Crippen LogP contribution is -2.41. The summed E-state index contributed by atoms with van der Waals surface area (Å²) in [6, 6.07) is 33.5. The summed E-state index contributed by atoms with van der Waals surface area (Å²) in [5, 5.41) is 0. The van der Waals surface area contributed by atoms with E-state index in [-0.39, 0.29) is 16.6 Å². The SMILES string of the molecule is CC1(C)OB(c2ccc3c(c2)C2(c4ccccc4Sc4ccccc42)c2ccccc2-3)OC1(C)C. The lowest BCUT2D eigenvalue weighted by atomic mass is 9.66. The van der Waals surface area contributed by atoms with Crippen molar-refractivity contribution in [2.45, 2.75) is 54.1 Å². The third kappa shape index (κ3) is 2.76. The van der Waals surface area contributed by atoms with Gasteiger partial charge in [-0.2, -0.15) is 0 Å². The molecule has 0 atom stereocenters. The average molecular weight is 474 g/mol. The van der Waals surface area contributed by atoms with E-state index in [1.807, 2.05) is 11.8 Å². The number of benzene rings is 4. The second kappa shape index (κ2) is 7.13. The fraction of sp³-hybridized carbons (Fsp3) is 0.226. The predicted molar refractivity (Wildman–Crippen MR) is 144 cm³/mol. The molecule has 0 radical (unpaired) electrons. The Hall–Kier alpha value is -2.79. The molecule has 1 saturated heterocycles. The molecule has 1 spiro atoms. The van der Waals surface area contributed by atoms with Crippen LogP contribution in [0.15, 0.2) is 101 Å². The van der Waals surface area contributed by atoms with Crippen LogP contribution in [0, 0.1) is 0 Å². The van der Waals surface area contributed by atoms with E-state index in [0.717, 1.165) is 5.46 Å². The molecule has 0 saturated carbocycles. The molecule has 172 valence electrons. The number of hydrogen-bond donors (Lipinski definition) is 0. The van der Waals surface area contributed by atoms with Crippen LogP contribution in [0.5, 0.6) is 0 Å². The molecule has 2 heterocycles. The zero-order valence-corrected chi connectivity index (χ0v) is 21.3. The Morgan fingerprint density at radius 3 is 1.71 bits per heavy atom. The Kier molecular flexibility index (Phi) is 4.38. The third-order valence-corrected chi connectivity index (χ3v) is 9.55. The summed E-state index contributed by atoms with van der Waals surface area (Å²) in [6.45, 7) is 8.45. The monoisotopic (exact) mass is 474 g/mol. The van der Waals surface area contributed by atoms with Gasteiger partial charge >= 0.3 is 7.12 Å². The molecule has 2 nitrogen and oxygen atoms in total. The van der Waals surface area contributed by atoms with Crippen molar-refractivity contribution in [3.05, 3.63) is 113 Å². The molecule has 4 heteroatoms. The van der Waals surface area contributed by atoms with Gasteiger partial charge in [0.05, 0.1) is 16.6 Å². The van der Waals surface area contributed by atoms with Gasteiger partial charge in [0.2, 0.25) is 0 Å². The molecule has 35 heavy (non-hydrogen) atoms. The van der Waals surface area contributed by atoms with E-state index in [1.165, 1.54) is 43.2 Å². The van der Waals surface area contributed by atoms with E-state index < -0.39 is 7.12 Å². The minimum atomic E-state index is -0.394. The molecule has 4 aromatic carbocycles. The molecule has 0 aromatic heterocycles. The number of rotatable bonds is 1. The summed E-state index contributed by atoms with van der Waals surface area (Å²) in [6.07, 6.45) is 0. The van der Waals surface area contributed by atoms with Gasteiger partial charge in [-0.3, -0.25) is 0 Å². The summed E-state index contributed by atoms with van der Waals surface area (Å²) in [5.41, 5.74) is 7.90. The molecular weight excluding hydrogens is 447 g/mol. The highest BCUT2D eigenvalue weighted by Crippen LogP contribution is 2.61. The Labute approximate surface area is 211 Å². The van der Waals surface area contributed by atoms with Crippen LogP contribution >= 0.6 is 11.8 Å². The van der Waals surface area contributed by atoms with Crippen LogP contribution in [0.3, 0.4) is 0 Å². The standard InChI is InChI=1S/C31H27BO2S/c1-29(2)30(3,4)34-32(33-29)20-17-18-22-21-11-5-6-12-23(21)31(26(22)19-20)24-13-7-9-15-27(24)35-28-16-10-8-14-25(28)31/h5-19H,1-4H3. The fourth-order valence-corrected chi connectivity index (χ4v) is 7.19. The largest absolute Gasteiger partial charge is 0.494 e. The highest BCUT2D eigenvalue weighted by Gasteiger charge is 2.54. The summed E-state index contributed by atoms with van der Waals surface area (Å²) in [5.74, 6) is 0. The molecule has 7 rings (SSSR count). The van der Waals surface area contributed by atoms with Crippen molar-refractivity contribution in [1.29, 1.82) is 0 Å². The van der Waals surface area contributed by atoms with Crippen molar-refractivity contribution in [2.75, 3.05) is 0 Å². The van der Waals surface area contributed by atoms with Crippen molar-refractivity contribution in [3.8, 4) is 11.1 Å². The second-order valence-electron chi connectivity index (χ2n) is 10.8. The number of fused-ring (bicyclic) bond motifs is 9. The summed E-state index contributed by atoms with van der Waals surface area (Å²) >= 11 is 1.87. The van der Waals surface area contributed by atoms with Gasteiger partial charge in [0.1, 0.15) is 0 Å². The molecule has 2 aliphatic heterocycles. The van der Waals surface area contributed by atoms with Gasteiger partial charge in [0.25, 0.3) is 0 Å². The topological polar surface area (TPSA) is 18.5 Å². The van der Waals surface area contributed by atoms with Gasteiger partial charge in [-0.25, -0.2) is 0 Å². The maximum Gasteiger partial charge on any atom is 0.494 e. The first-order chi connectivity index (χ1) is 16.8. The van der Waals surface area contributed by atoms with Gasteiger partial charge in [-0.15, -0.1) is 0 Å². The van der Waals surface area contributed by atoms with Crippen LogP contribution in [0.2, 0.25) is 0 Å². The minimum absolute atomic E-state index is 0.371. The molecule has 0 N–H and O–H groups in total. The molecule has 1 fully saturated rings. The molecular formula is C31H27BO2S. The molecule has 4 aromatic rings. The molecule has 1 aliphatic carbocycles. The zero-order valence-electron chi connectivity index (χ0n) is 20.5. The Balaban J connectivity index is 1.54. The molecule has 0 bridgehead atoms. The van der Waals surface area contributed by atoms with Gasteiger partial charge in [-0.1, -0.05) is 90.6 Å². The van der Waals surface area contributed by atoms with Crippen molar-refractivity contribution >= 4 is 24.3 Å². The van der Waals surface area contributed by atoms with E-state index in [9.17, 15) is 0 Å². The van der Waals surface area contributed by atoms with Crippen LogP contribution in [0.25, 0.3) is 11.1 Å². The predicted octanol–water partition coefficient (Wildman–Crippen LogP) is 6.81. The van der Waals surface area contributed by atoms with Crippen LogP contribution in [-0.2, 0) is 14.7 Å². The van der Waals surface area contributed by atoms with E-state index in [2.05, 4.69) is 119 Å². The van der Waals surface area contributed by atoms with Crippen molar-refractivity contribution in [3.63, 3.8) is 0 Å². The first-order valence-corrected chi connectivity index (χ1v) is 13.1. The Bertz CT molecular complexity index is 1440. The quantitative estimate of drug-likeness (QED) is 0.244. The maximum absolute atomic E-state index is 6.48. The Morgan fingerprint density at radius 2 is 1.09 bits per heavy atom. The van der Waals surface area contributed by atoms with E-state index in [4.69, 9.17) is 9.31 Å². The first-order valence-electron chi connectivity index (χ1n) is 12.3. The number of hydrogen-bond acceptors (Lipinski definition) is 3. The highest BCUT2D eigenvalue weighted by atomic mass is 32.2. The lowest BCUT2D eigenvalue weighted by Gasteiger charge is -2.39. The van der Waals surface area contributed by atoms with Crippen molar-refractivity contribution in [2.24, 2.45) is 0 Å². The van der Waals surface area contributed by atoms with Crippen LogP contribution in [0.1, 0.15) is 49.9 Å². The van der Waals surface area contributed by atoms with Crippen molar-refractivity contribution in [1.82, 2.24) is 0 Å². The van der Waals surface area contributed by atoms with Crippen molar-refractivity contribution < 1.29 is 9.31 Å². The zero-order chi connectivity index (χ0) is 24.0. The lowest BCUT2D eigenvalue weighted by molar-refractivity contribution is 0.00578. The normalized spacial score (nSPS) is 19.7. The maximum atomic E-state index is 6.48.